The van der Waals surface area contributed by atoms with Gasteiger partial charge in [-0.15, -0.1) is 5.10 Å². The summed E-state index contributed by atoms with van der Waals surface area (Å²) in [6.45, 7) is 3.85. The minimum atomic E-state index is -1.28. The number of nitrogens with zero attached hydrogens (tertiary/aromatic N) is 5. The summed E-state index contributed by atoms with van der Waals surface area (Å²) in [4.78, 5) is 31.9. The molecule has 1 unspecified atom stereocenters. The smallest absolute Gasteiger partial charge is 0.269 e. The van der Waals surface area contributed by atoms with Crippen molar-refractivity contribution < 1.29 is 19.1 Å². The number of nitrogens with one attached hydrogen (secondary N) is 1. The first-order chi connectivity index (χ1) is 19.7. The molecule has 0 aliphatic carbocycles. The molecular weight excluding hydrogens is 615 g/mol. The molecule has 9 nitrogen and oxygen atoms in total. The van der Waals surface area contributed by atoms with Crippen molar-refractivity contribution in [2.45, 2.75) is 39.0 Å². The van der Waals surface area contributed by atoms with Crippen molar-refractivity contribution in [3.63, 3.8) is 0 Å². The molecule has 1 aliphatic heterocycles. The SMILES string of the molecule is Cc1cc(Br)c2c(c1)CN(C(=O)c1ccnc(C(=O)NCCCn3cc(C(O)c4ccc(Cl)cc4F)nn3)c1)CC2. The number of halogens is 3. The van der Waals surface area contributed by atoms with E-state index < -0.39 is 17.8 Å². The van der Waals surface area contributed by atoms with Gasteiger partial charge >= 0.3 is 0 Å². The lowest BCUT2D eigenvalue weighted by atomic mass is 9.97. The van der Waals surface area contributed by atoms with Crippen LogP contribution in [-0.4, -0.2) is 54.9 Å². The molecule has 2 aromatic heterocycles. The lowest BCUT2D eigenvalue weighted by Gasteiger charge is -2.30. The van der Waals surface area contributed by atoms with Gasteiger partial charge in [0.2, 0.25) is 0 Å². The Morgan fingerprint density at radius 1 is 1.22 bits per heavy atom. The molecular formula is C29H27BrClFN6O3. The second-order valence-electron chi connectivity index (χ2n) is 9.88. The van der Waals surface area contributed by atoms with E-state index in [1.165, 1.54) is 40.8 Å². The van der Waals surface area contributed by atoms with Crippen LogP contribution in [0.2, 0.25) is 5.02 Å². The number of hydrogen-bond acceptors (Lipinski definition) is 6. The van der Waals surface area contributed by atoms with Crippen molar-refractivity contribution in [1.29, 1.82) is 0 Å². The molecule has 0 radical (unpaired) electrons. The van der Waals surface area contributed by atoms with E-state index in [-0.39, 0.29) is 27.9 Å². The van der Waals surface area contributed by atoms with E-state index in [1.54, 1.807) is 11.0 Å². The van der Waals surface area contributed by atoms with Crippen LogP contribution in [-0.2, 0) is 19.5 Å². The summed E-state index contributed by atoms with van der Waals surface area (Å²) >= 11 is 9.40. The minimum absolute atomic E-state index is 0.0511. The number of amides is 2. The highest BCUT2D eigenvalue weighted by Crippen LogP contribution is 2.29. The quantitative estimate of drug-likeness (QED) is 0.271. The molecule has 4 aromatic rings. The van der Waals surface area contributed by atoms with E-state index in [0.29, 0.717) is 38.2 Å². The molecule has 2 amide bonds. The van der Waals surface area contributed by atoms with Gasteiger partial charge in [0, 0.05) is 53.0 Å². The highest BCUT2D eigenvalue weighted by Gasteiger charge is 2.24. The molecule has 0 spiro atoms. The van der Waals surface area contributed by atoms with E-state index in [4.69, 9.17) is 11.6 Å². The van der Waals surface area contributed by atoms with E-state index in [2.05, 4.69) is 48.7 Å². The Kier molecular flexibility index (Phi) is 8.77. The third-order valence-corrected chi connectivity index (χ3v) is 7.84. The number of fused-ring (bicyclic) bond motifs is 1. The van der Waals surface area contributed by atoms with Crippen LogP contribution in [0, 0.1) is 12.7 Å². The summed E-state index contributed by atoms with van der Waals surface area (Å²) in [5, 5.41) is 21.4. The molecule has 0 saturated heterocycles. The zero-order chi connectivity index (χ0) is 29.1. The normalized spacial score (nSPS) is 13.5. The Morgan fingerprint density at radius 3 is 2.85 bits per heavy atom. The van der Waals surface area contributed by atoms with Crippen molar-refractivity contribution in [2.24, 2.45) is 0 Å². The predicted molar refractivity (Wildman–Crippen MR) is 154 cm³/mol. The largest absolute Gasteiger partial charge is 0.382 e. The maximum Gasteiger partial charge on any atom is 0.269 e. The van der Waals surface area contributed by atoms with Crippen LogP contribution >= 0.6 is 27.5 Å². The fraction of sp³-hybridized carbons (Fsp3) is 0.276. The molecule has 12 heteroatoms. The number of carbonyl (C=O) groups is 2. The molecule has 0 saturated carbocycles. The zero-order valence-electron chi connectivity index (χ0n) is 22.1. The summed E-state index contributed by atoms with van der Waals surface area (Å²) in [5.41, 5.74) is 4.28. The molecule has 5 rings (SSSR count). The van der Waals surface area contributed by atoms with E-state index in [0.717, 1.165) is 28.1 Å². The Morgan fingerprint density at radius 2 is 2.05 bits per heavy atom. The van der Waals surface area contributed by atoms with Gasteiger partial charge in [-0.3, -0.25) is 19.3 Å². The summed E-state index contributed by atoms with van der Waals surface area (Å²) in [6, 6.07) is 11.3. The first-order valence-corrected chi connectivity index (χ1v) is 14.2. The van der Waals surface area contributed by atoms with Crippen molar-refractivity contribution in [3.05, 3.63) is 109 Å². The lowest BCUT2D eigenvalue weighted by molar-refractivity contribution is 0.0734. The number of rotatable bonds is 8. The zero-order valence-corrected chi connectivity index (χ0v) is 24.5. The van der Waals surface area contributed by atoms with Gasteiger partial charge in [0.25, 0.3) is 11.8 Å². The molecule has 1 atom stereocenters. The lowest BCUT2D eigenvalue weighted by Crippen LogP contribution is -2.36. The number of hydrogen-bond donors (Lipinski definition) is 2. The molecule has 1 aliphatic rings. The second kappa shape index (κ2) is 12.5. The van der Waals surface area contributed by atoms with Crippen LogP contribution < -0.4 is 5.32 Å². The average Bonchev–Trinajstić information content (AvgIpc) is 3.43. The number of aromatic nitrogens is 4. The van der Waals surface area contributed by atoms with Gasteiger partial charge in [0.1, 0.15) is 23.3 Å². The maximum absolute atomic E-state index is 14.1. The standard InChI is InChI=1S/C29H27BrClFN6O3/c1-17-11-19-15-37(10-6-21(19)23(30)12-17)29(41)18-5-8-33-25(13-18)28(40)34-7-2-9-38-16-26(35-36-38)27(39)22-4-3-20(31)14-24(22)32/h3-5,8,11-14,16,27,39H,2,6-7,9-10,15H2,1H3,(H,34,40). The Balaban J connectivity index is 1.13. The molecule has 212 valence electrons. The van der Waals surface area contributed by atoms with Gasteiger partial charge in [-0.05, 0) is 66.8 Å². The topological polar surface area (TPSA) is 113 Å². The van der Waals surface area contributed by atoms with Gasteiger partial charge in [-0.2, -0.15) is 0 Å². The fourth-order valence-corrected chi connectivity index (χ4v) is 5.78. The van der Waals surface area contributed by atoms with Gasteiger partial charge in [0.05, 0.1) is 6.20 Å². The Labute approximate surface area is 249 Å². The highest BCUT2D eigenvalue weighted by atomic mass is 79.9. The monoisotopic (exact) mass is 640 g/mol. The van der Waals surface area contributed by atoms with Crippen molar-refractivity contribution in [3.8, 4) is 0 Å². The second-order valence-corrected chi connectivity index (χ2v) is 11.2. The summed E-state index contributed by atoms with van der Waals surface area (Å²) in [7, 11) is 0. The molecule has 0 bridgehead atoms. The average molecular weight is 642 g/mol. The van der Waals surface area contributed by atoms with E-state index >= 15 is 0 Å². The van der Waals surface area contributed by atoms with Gasteiger partial charge in [-0.1, -0.05) is 44.9 Å². The molecule has 2 aromatic carbocycles. The van der Waals surface area contributed by atoms with Crippen molar-refractivity contribution in [1.82, 2.24) is 30.2 Å². The summed E-state index contributed by atoms with van der Waals surface area (Å²) in [5.74, 6) is -1.17. The fourth-order valence-electron chi connectivity index (χ4n) is 4.80. The number of aryl methyl sites for hydroxylation is 2. The van der Waals surface area contributed by atoms with Crippen LogP contribution in [0.15, 0.2) is 59.3 Å². The summed E-state index contributed by atoms with van der Waals surface area (Å²) < 4.78 is 16.7. The predicted octanol–water partition coefficient (Wildman–Crippen LogP) is 4.64. The Hall–Kier alpha value is -3.67. The summed E-state index contributed by atoms with van der Waals surface area (Å²) in [6.07, 6.45) is 2.97. The first kappa shape index (κ1) is 28.8. The Bertz CT molecular complexity index is 1610. The number of aliphatic hydroxyl groups is 1. The highest BCUT2D eigenvalue weighted by molar-refractivity contribution is 9.10. The van der Waals surface area contributed by atoms with Crippen LogP contribution in [0.5, 0.6) is 0 Å². The molecule has 3 heterocycles. The van der Waals surface area contributed by atoms with Crippen molar-refractivity contribution in [2.75, 3.05) is 13.1 Å². The minimum Gasteiger partial charge on any atom is -0.382 e. The van der Waals surface area contributed by atoms with Crippen molar-refractivity contribution >= 4 is 39.3 Å². The number of benzene rings is 2. The van der Waals surface area contributed by atoms with Crippen LogP contribution in [0.3, 0.4) is 0 Å². The number of carbonyl (C=O) groups excluding carboxylic acids is 2. The van der Waals surface area contributed by atoms with Crippen LogP contribution in [0.1, 0.15) is 61.3 Å². The first-order valence-electron chi connectivity index (χ1n) is 13.0. The number of aliphatic hydroxyl groups excluding tert-OH is 1. The van der Waals surface area contributed by atoms with E-state index in [1.807, 2.05) is 6.92 Å². The van der Waals surface area contributed by atoms with Gasteiger partial charge in [0.15, 0.2) is 0 Å². The third-order valence-electron chi connectivity index (χ3n) is 6.90. The molecule has 0 fully saturated rings. The van der Waals surface area contributed by atoms with Gasteiger partial charge < -0.3 is 15.3 Å². The maximum atomic E-state index is 14.1. The van der Waals surface area contributed by atoms with Crippen LogP contribution in [0.25, 0.3) is 0 Å². The molecule has 2 N–H and O–H groups in total. The number of pyridine rings is 1. The van der Waals surface area contributed by atoms with Crippen LogP contribution in [0.4, 0.5) is 4.39 Å². The van der Waals surface area contributed by atoms with E-state index in [9.17, 15) is 19.1 Å². The third kappa shape index (κ3) is 6.64. The van der Waals surface area contributed by atoms with Gasteiger partial charge in [-0.25, -0.2) is 4.39 Å². The molecule has 41 heavy (non-hydrogen) atoms.